The second-order valence-electron chi connectivity index (χ2n) is 4.93. The monoisotopic (exact) mass is 253 g/mol. The Morgan fingerprint density at radius 2 is 1.94 bits per heavy atom. The maximum Gasteiger partial charge on any atom is 0.261 e. The Morgan fingerprint density at radius 1 is 1.24 bits per heavy atom. The molecular formula is C10H15N5OS. The van der Waals surface area contributed by atoms with Crippen LogP contribution >= 0.6 is 11.5 Å². The zero-order valence-corrected chi connectivity index (χ0v) is 11.1. The molecule has 6 nitrogen and oxygen atoms in total. The average molecular weight is 253 g/mol. The number of rotatable bonds is 2. The SMILES string of the molecule is CC(N)c1nnc(-c2snnc2C(C)(C)C)o1. The second kappa shape index (κ2) is 4.15. The van der Waals surface area contributed by atoms with Crippen molar-refractivity contribution < 1.29 is 4.42 Å². The molecule has 2 heterocycles. The third kappa shape index (κ3) is 2.34. The Balaban J connectivity index is 2.43. The largest absolute Gasteiger partial charge is 0.418 e. The minimum Gasteiger partial charge on any atom is -0.418 e. The van der Waals surface area contributed by atoms with Gasteiger partial charge < -0.3 is 10.2 Å². The third-order valence-corrected chi connectivity index (χ3v) is 2.94. The van der Waals surface area contributed by atoms with E-state index in [1.165, 1.54) is 11.5 Å². The summed E-state index contributed by atoms with van der Waals surface area (Å²) in [5.74, 6) is 0.866. The van der Waals surface area contributed by atoms with Gasteiger partial charge in [0.05, 0.1) is 11.7 Å². The topological polar surface area (TPSA) is 90.7 Å². The van der Waals surface area contributed by atoms with Gasteiger partial charge in [-0.1, -0.05) is 25.3 Å². The number of hydrogen-bond acceptors (Lipinski definition) is 7. The van der Waals surface area contributed by atoms with Crippen molar-refractivity contribution in [2.75, 3.05) is 0 Å². The molecule has 7 heteroatoms. The zero-order valence-electron chi connectivity index (χ0n) is 10.3. The van der Waals surface area contributed by atoms with E-state index in [4.69, 9.17) is 10.2 Å². The Bertz CT molecular complexity index is 511. The summed E-state index contributed by atoms with van der Waals surface area (Å²) in [7, 11) is 0. The van der Waals surface area contributed by atoms with Crippen molar-refractivity contribution in [3.05, 3.63) is 11.6 Å². The van der Waals surface area contributed by atoms with Crippen molar-refractivity contribution in [3.63, 3.8) is 0 Å². The highest BCUT2D eigenvalue weighted by Gasteiger charge is 2.26. The molecule has 2 aromatic heterocycles. The predicted molar refractivity (Wildman–Crippen MR) is 64.5 cm³/mol. The molecule has 2 aromatic rings. The number of aromatic nitrogens is 4. The molecule has 0 aromatic carbocycles. The van der Waals surface area contributed by atoms with Crippen LogP contribution in [0.15, 0.2) is 4.42 Å². The highest BCUT2D eigenvalue weighted by Crippen LogP contribution is 2.33. The smallest absolute Gasteiger partial charge is 0.261 e. The highest BCUT2D eigenvalue weighted by molar-refractivity contribution is 7.09. The molecule has 0 saturated heterocycles. The van der Waals surface area contributed by atoms with Crippen molar-refractivity contribution >= 4 is 11.5 Å². The lowest BCUT2D eigenvalue weighted by Gasteiger charge is -2.14. The summed E-state index contributed by atoms with van der Waals surface area (Å²) in [5, 5.41) is 12.0. The van der Waals surface area contributed by atoms with Gasteiger partial charge >= 0.3 is 0 Å². The van der Waals surface area contributed by atoms with E-state index in [0.29, 0.717) is 11.8 Å². The summed E-state index contributed by atoms with van der Waals surface area (Å²) in [6, 6.07) is -0.268. The van der Waals surface area contributed by atoms with Gasteiger partial charge in [-0.15, -0.1) is 15.3 Å². The van der Waals surface area contributed by atoms with Gasteiger partial charge in [-0.05, 0) is 18.5 Å². The molecule has 17 heavy (non-hydrogen) atoms. The van der Waals surface area contributed by atoms with Crippen LogP contribution in [0.5, 0.6) is 0 Å². The fraction of sp³-hybridized carbons (Fsp3) is 0.600. The first-order valence-corrected chi connectivity index (χ1v) is 6.09. The van der Waals surface area contributed by atoms with Gasteiger partial charge in [0.15, 0.2) is 0 Å². The van der Waals surface area contributed by atoms with Gasteiger partial charge in [-0.3, -0.25) is 0 Å². The molecule has 0 aliphatic rings. The first kappa shape index (κ1) is 12.1. The van der Waals surface area contributed by atoms with Crippen LogP contribution in [0.25, 0.3) is 10.8 Å². The van der Waals surface area contributed by atoms with E-state index in [-0.39, 0.29) is 11.5 Å². The molecule has 0 radical (unpaired) electrons. The van der Waals surface area contributed by atoms with Crippen LogP contribution in [-0.4, -0.2) is 19.8 Å². The van der Waals surface area contributed by atoms with Crippen molar-refractivity contribution in [2.24, 2.45) is 5.73 Å². The Labute approximate surface area is 103 Å². The van der Waals surface area contributed by atoms with Crippen LogP contribution in [0, 0.1) is 0 Å². The first-order chi connectivity index (χ1) is 7.89. The average Bonchev–Trinajstić information content (AvgIpc) is 2.85. The fourth-order valence-corrected chi connectivity index (χ4v) is 2.13. The number of hydrogen-bond donors (Lipinski definition) is 1. The molecule has 1 atom stereocenters. The molecule has 92 valence electrons. The van der Waals surface area contributed by atoms with Gasteiger partial charge in [0, 0.05) is 5.41 Å². The van der Waals surface area contributed by atoms with Gasteiger partial charge in [0.1, 0.15) is 4.88 Å². The molecule has 0 amide bonds. The second-order valence-corrected chi connectivity index (χ2v) is 5.69. The maximum atomic E-state index is 5.68. The van der Waals surface area contributed by atoms with E-state index in [0.717, 1.165) is 10.6 Å². The zero-order chi connectivity index (χ0) is 12.6. The summed E-state index contributed by atoms with van der Waals surface area (Å²) in [5.41, 5.74) is 6.44. The van der Waals surface area contributed by atoms with E-state index in [9.17, 15) is 0 Å². The minimum atomic E-state index is -0.268. The number of nitrogens with zero attached hydrogens (tertiary/aromatic N) is 4. The van der Waals surface area contributed by atoms with Crippen LogP contribution in [0.3, 0.4) is 0 Å². The molecule has 1 unspecified atom stereocenters. The van der Waals surface area contributed by atoms with Gasteiger partial charge in [0.2, 0.25) is 5.89 Å². The standard InChI is InChI=1S/C10H15N5OS/c1-5(11)8-13-14-9(16-8)6-7(10(2,3)4)12-15-17-6/h5H,11H2,1-4H3. The lowest BCUT2D eigenvalue weighted by molar-refractivity contribution is 0.472. The van der Waals surface area contributed by atoms with Gasteiger partial charge in [-0.25, -0.2) is 0 Å². The van der Waals surface area contributed by atoms with E-state index in [1.54, 1.807) is 6.92 Å². The quantitative estimate of drug-likeness (QED) is 0.879. The van der Waals surface area contributed by atoms with Crippen molar-refractivity contribution in [2.45, 2.75) is 39.2 Å². The summed E-state index contributed by atoms with van der Waals surface area (Å²) in [6.45, 7) is 8.00. The van der Waals surface area contributed by atoms with Crippen molar-refractivity contribution in [1.82, 2.24) is 19.8 Å². The molecule has 2 rings (SSSR count). The molecule has 0 bridgehead atoms. The van der Waals surface area contributed by atoms with E-state index in [1.807, 2.05) is 0 Å². The van der Waals surface area contributed by atoms with E-state index >= 15 is 0 Å². The molecule has 0 aliphatic heterocycles. The van der Waals surface area contributed by atoms with Gasteiger partial charge in [0.25, 0.3) is 5.89 Å². The van der Waals surface area contributed by atoms with Crippen molar-refractivity contribution in [3.8, 4) is 10.8 Å². The van der Waals surface area contributed by atoms with Crippen LogP contribution in [0.1, 0.15) is 45.3 Å². The highest BCUT2D eigenvalue weighted by atomic mass is 32.1. The summed E-state index contributed by atoms with van der Waals surface area (Å²) < 4.78 is 9.46. The molecule has 0 aliphatic carbocycles. The molecule has 0 saturated carbocycles. The minimum absolute atomic E-state index is 0.106. The Morgan fingerprint density at radius 3 is 2.47 bits per heavy atom. The van der Waals surface area contributed by atoms with Crippen LogP contribution < -0.4 is 5.73 Å². The van der Waals surface area contributed by atoms with E-state index in [2.05, 4.69) is 40.6 Å². The maximum absolute atomic E-state index is 5.68. The normalized spacial score (nSPS) is 13.9. The fourth-order valence-electron chi connectivity index (χ4n) is 1.33. The van der Waals surface area contributed by atoms with Crippen molar-refractivity contribution in [1.29, 1.82) is 0 Å². The molecule has 0 spiro atoms. The lowest BCUT2D eigenvalue weighted by atomic mass is 9.91. The summed E-state index contributed by atoms with van der Waals surface area (Å²) in [4.78, 5) is 0.817. The molecule has 0 fully saturated rings. The van der Waals surface area contributed by atoms with Crippen LogP contribution in [0.4, 0.5) is 0 Å². The molecular weight excluding hydrogens is 238 g/mol. The Hall–Kier alpha value is -1.34. The number of nitrogens with two attached hydrogens (primary N) is 1. The lowest BCUT2D eigenvalue weighted by Crippen LogP contribution is -2.13. The molecule has 2 N–H and O–H groups in total. The van der Waals surface area contributed by atoms with Crippen LogP contribution in [-0.2, 0) is 5.41 Å². The van der Waals surface area contributed by atoms with E-state index < -0.39 is 0 Å². The van der Waals surface area contributed by atoms with Crippen LogP contribution in [0.2, 0.25) is 0 Å². The summed E-state index contributed by atoms with van der Waals surface area (Å²) in [6.07, 6.45) is 0. The predicted octanol–water partition coefficient (Wildman–Crippen LogP) is 1.91. The first-order valence-electron chi connectivity index (χ1n) is 5.32. The Kier molecular flexibility index (Phi) is 2.96. The van der Waals surface area contributed by atoms with Gasteiger partial charge in [-0.2, -0.15) is 0 Å². The third-order valence-electron chi connectivity index (χ3n) is 2.22. The summed E-state index contributed by atoms with van der Waals surface area (Å²) >= 11 is 1.26.